The van der Waals surface area contributed by atoms with E-state index in [0.29, 0.717) is 5.92 Å². The van der Waals surface area contributed by atoms with Crippen LogP contribution in [0.15, 0.2) is 30.3 Å². The van der Waals surface area contributed by atoms with E-state index in [2.05, 4.69) is 28.4 Å². The zero-order valence-electron chi connectivity index (χ0n) is 15.5. The van der Waals surface area contributed by atoms with E-state index in [0.717, 1.165) is 36.9 Å². The van der Waals surface area contributed by atoms with Gasteiger partial charge in [-0.15, -0.1) is 12.4 Å². The minimum absolute atomic E-state index is 0. The van der Waals surface area contributed by atoms with Gasteiger partial charge in [0.25, 0.3) is 0 Å². The van der Waals surface area contributed by atoms with Gasteiger partial charge >= 0.3 is 0 Å². The van der Waals surface area contributed by atoms with Crippen LogP contribution < -0.4 is 10.1 Å². The third-order valence-corrected chi connectivity index (χ3v) is 5.09. The van der Waals surface area contributed by atoms with E-state index >= 15 is 0 Å². The normalized spacial score (nSPS) is 23.0. The van der Waals surface area contributed by atoms with E-state index in [1.54, 1.807) is 14.2 Å². The Labute approximate surface area is 162 Å². The highest BCUT2D eigenvalue weighted by atomic mass is 35.5. The smallest absolute Gasteiger partial charge is 0.246 e. The van der Waals surface area contributed by atoms with Gasteiger partial charge in [0.1, 0.15) is 12.4 Å². The Balaban J connectivity index is 0.00000243. The van der Waals surface area contributed by atoms with Crippen LogP contribution in [-0.2, 0) is 9.53 Å². The molecule has 1 N–H and O–H groups in total. The average molecular weight is 381 g/mol. The zero-order chi connectivity index (χ0) is 17.6. The number of nitrogens with zero attached hydrogens (tertiary/aromatic N) is 1. The van der Waals surface area contributed by atoms with Gasteiger partial charge in [0.05, 0.1) is 7.11 Å². The molecule has 2 fully saturated rings. The van der Waals surface area contributed by atoms with Crippen LogP contribution in [0.25, 0.3) is 6.08 Å². The predicted octanol–water partition coefficient (Wildman–Crippen LogP) is 2.60. The van der Waals surface area contributed by atoms with Crippen molar-refractivity contribution in [3.63, 3.8) is 0 Å². The number of carbonyl (C=O) groups excluding carboxylic acids is 1. The Morgan fingerprint density at radius 1 is 1.27 bits per heavy atom. The average Bonchev–Trinajstić information content (AvgIpc) is 3.38. The first-order valence-corrected chi connectivity index (χ1v) is 9.01. The zero-order valence-corrected chi connectivity index (χ0v) is 16.3. The molecule has 0 bridgehead atoms. The summed E-state index contributed by atoms with van der Waals surface area (Å²) in [6, 6.07) is 8.27. The Bertz CT molecular complexity index is 619. The van der Waals surface area contributed by atoms with E-state index in [1.165, 1.54) is 12.8 Å². The molecule has 1 aromatic carbocycles. The number of likely N-dealkylation sites (tertiary alicyclic amines) is 1. The van der Waals surface area contributed by atoms with Gasteiger partial charge in [0.15, 0.2) is 0 Å². The lowest BCUT2D eigenvalue weighted by molar-refractivity contribution is -0.125. The van der Waals surface area contributed by atoms with Gasteiger partial charge in [0, 0.05) is 38.3 Å². The molecular weight excluding hydrogens is 352 g/mol. The molecule has 1 saturated heterocycles. The largest absolute Gasteiger partial charge is 0.496 e. The van der Waals surface area contributed by atoms with Gasteiger partial charge in [0.2, 0.25) is 5.91 Å². The maximum Gasteiger partial charge on any atom is 0.246 e. The Hall–Kier alpha value is -1.56. The van der Waals surface area contributed by atoms with Gasteiger partial charge in [-0.3, -0.25) is 9.69 Å². The number of hydrogen-bond acceptors (Lipinski definition) is 4. The number of benzene rings is 1. The number of methoxy groups -OCH3 is 2. The lowest BCUT2D eigenvalue weighted by Gasteiger charge is -2.19. The van der Waals surface area contributed by atoms with Crippen LogP contribution in [-0.4, -0.2) is 57.3 Å². The van der Waals surface area contributed by atoms with Gasteiger partial charge in [-0.1, -0.05) is 30.4 Å². The molecule has 0 unspecified atom stereocenters. The summed E-state index contributed by atoms with van der Waals surface area (Å²) in [5, 5.41) is 3.16. The summed E-state index contributed by atoms with van der Waals surface area (Å²) in [6.45, 7) is 2.99. The van der Waals surface area contributed by atoms with Crippen LogP contribution in [0.4, 0.5) is 0 Å². The number of carbonyl (C=O) groups is 1. The minimum Gasteiger partial charge on any atom is -0.496 e. The number of hydrogen-bond donors (Lipinski definition) is 1. The monoisotopic (exact) mass is 380 g/mol. The molecule has 0 radical (unpaired) electrons. The second-order valence-electron chi connectivity index (χ2n) is 6.97. The number of rotatable bonds is 8. The van der Waals surface area contributed by atoms with E-state index in [4.69, 9.17) is 9.47 Å². The van der Waals surface area contributed by atoms with E-state index in [9.17, 15) is 4.79 Å². The van der Waals surface area contributed by atoms with Crippen LogP contribution in [0.5, 0.6) is 5.75 Å². The maximum atomic E-state index is 11.9. The molecule has 1 aromatic rings. The van der Waals surface area contributed by atoms with Crippen molar-refractivity contribution in [2.45, 2.75) is 18.9 Å². The summed E-state index contributed by atoms with van der Waals surface area (Å²) in [5.74, 6) is 2.22. The third-order valence-electron chi connectivity index (χ3n) is 5.09. The first-order chi connectivity index (χ1) is 12.2. The molecule has 1 aliphatic carbocycles. The predicted molar refractivity (Wildman–Crippen MR) is 106 cm³/mol. The van der Waals surface area contributed by atoms with Crippen molar-refractivity contribution in [2.24, 2.45) is 11.8 Å². The molecule has 2 aliphatic rings. The molecule has 6 heteroatoms. The standard InChI is InChI=1S/C20H28N2O3.ClH/c1-24-14-20(23)21-18-13-22(12-17(18)15-9-10-15)11-5-7-16-6-3-4-8-19(16)25-2;/h3-8,15,17-18H,9-14H2,1-2H3,(H,21,23);1H/b7-5+;/t17-,18+;/m1./s1. The quantitative estimate of drug-likeness (QED) is 0.753. The molecule has 1 aliphatic heterocycles. The summed E-state index contributed by atoms with van der Waals surface area (Å²) in [5.41, 5.74) is 1.09. The van der Waals surface area contributed by atoms with Gasteiger partial charge in [-0.25, -0.2) is 0 Å². The fraction of sp³-hybridized carbons (Fsp3) is 0.550. The molecule has 0 aromatic heterocycles. The van der Waals surface area contributed by atoms with Gasteiger partial charge in [-0.05, 0) is 30.7 Å². The highest BCUT2D eigenvalue weighted by molar-refractivity contribution is 5.85. The molecule has 2 atom stereocenters. The van der Waals surface area contributed by atoms with Gasteiger partial charge < -0.3 is 14.8 Å². The number of halogens is 1. The fourth-order valence-corrected chi connectivity index (χ4v) is 3.73. The van der Waals surface area contributed by atoms with Crippen LogP contribution in [0.2, 0.25) is 0 Å². The molecule has 1 amide bonds. The topological polar surface area (TPSA) is 50.8 Å². The van der Waals surface area contributed by atoms with E-state index in [1.807, 2.05) is 18.2 Å². The van der Waals surface area contributed by atoms with Gasteiger partial charge in [-0.2, -0.15) is 0 Å². The van der Waals surface area contributed by atoms with Crippen molar-refractivity contribution in [1.82, 2.24) is 10.2 Å². The van der Waals surface area contributed by atoms with Crippen molar-refractivity contribution in [3.05, 3.63) is 35.9 Å². The highest BCUT2D eigenvalue weighted by Gasteiger charge is 2.42. The molecule has 26 heavy (non-hydrogen) atoms. The van der Waals surface area contributed by atoms with Crippen LogP contribution in [0.1, 0.15) is 18.4 Å². The highest BCUT2D eigenvalue weighted by Crippen LogP contribution is 2.41. The summed E-state index contributed by atoms with van der Waals surface area (Å²) < 4.78 is 10.3. The summed E-state index contributed by atoms with van der Waals surface area (Å²) in [4.78, 5) is 14.3. The van der Waals surface area contributed by atoms with Crippen molar-refractivity contribution < 1.29 is 14.3 Å². The number of amides is 1. The number of para-hydroxylation sites is 1. The summed E-state index contributed by atoms with van der Waals surface area (Å²) >= 11 is 0. The fourth-order valence-electron chi connectivity index (χ4n) is 3.73. The van der Waals surface area contributed by atoms with Crippen molar-refractivity contribution >= 4 is 24.4 Å². The maximum absolute atomic E-state index is 11.9. The lowest BCUT2D eigenvalue weighted by Crippen LogP contribution is -2.42. The second kappa shape index (κ2) is 9.95. The lowest BCUT2D eigenvalue weighted by atomic mass is 9.98. The number of nitrogens with one attached hydrogen (secondary N) is 1. The number of ether oxygens (including phenoxy) is 2. The first-order valence-electron chi connectivity index (χ1n) is 9.01. The first kappa shape index (κ1) is 20.7. The second-order valence-corrected chi connectivity index (χ2v) is 6.97. The summed E-state index contributed by atoms with van der Waals surface area (Å²) in [7, 11) is 3.25. The molecule has 144 valence electrons. The SMILES string of the molecule is COCC(=O)N[C@H]1CN(C/C=C/c2ccccc2OC)C[C@@H]1C1CC1.Cl. The minimum atomic E-state index is -0.00966. The van der Waals surface area contributed by atoms with Crippen molar-refractivity contribution in [2.75, 3.05) is 40.5 Å². The van der Waals surface area contributed by atoms with E-state index in [-0.39, 0.29) is 31.0 Å². The molecule has 5 nitrogen and oxygen atoms in total. The Kier molecular flexibility index (Phi) is 7.94. The van der Waals surface area contributed by atoms with Crippen LogP contribution in [0.3, 0.4) is 0 Å². The molecular formula is C20H29ClN2O3. The van der Waals surface area contributed by atoms with E-state index < -0.39 is 0 Å². The van der Waals surface area contributed by atoms with Crippen LogP contribution >= 0.6 is 12.4 Å². The summed E-state index contributed by atoms with van der Waals surface area (Å²) in [6.07, 6.45) is 6.89. The molecule has 1 saturated carbocycles. The molecule has 1 heterocycles. The van der Waals surface area contributed by atoms with Crippen LogP contribution in [0, 0.1) is 11.8 Å². The Morgan fingerprint density at radius 3 is 2.73 bits per heavy atom. The van der Waals surface area contributed by atoms with Crippen molar-refractivity contribution in [3.8, 4) is 5.75 Å². The Morgan fingerprint density at radius 2 is 2.04 bits per heavy atom. The molecule has 0 spiro atoms. The van der Waals surface area contributed by atoms with Crippen molar-refractivity contribution in [1.29, 1.82) is 0 Å². The molecule has 3 rings (SSSR count). The third kappa shape index (κ3) is 5.47.